The zero-order valence-electron chi connectivity index (χ0n) is 11.8. The molecule has 1 amide bonds. The Morgan fingerprint density at radius 2 is 1.70 bits per heavy atom. The smallest absolute Gasteiger partial charge is 0.228 e. The van der Waals surface area contributed by atoms with Crippen molar-refractivity contribution in [2.45, 2.75) is 19.8 Å². The van der Waals surface area contributed by atoms with Crippen LogP contribution < -0.4 is 10.1 Å². The normalized spacial score (nSPS) is 10.1. The molecule has 2 rings (SSSR count). The first-order chi connectivity index (χ1) is 9.74. The van der Waals surface area contributed by atoms with E-state index in [4.69, 9.17) is 4.74 Å². The maximum atomic E-state index is 12.2. The SMILES string of the molecule is CCc1ccccc1NC(=O)Cc1ccccc1OC. The van der Waals surface area contributed by atoms with E-state index in [1.807, 2.05) is 48.5 Å². The molecule has 0 bridgehead atoms. The molecule has 0 aromatic heterocycles. The van der Waals surface area contributed by atoms with Crippen molar-refractivity contribution in [1.82, 2.24) is 0 Å². The molecule has 3 nitrogen and oxygen atoms in total. The molecule has 20 heavy (non-hydrogen) atoms. The number of nitrogens with one attached hydrogen (secondary N) is 1. The van der Waals surface area contributed by atoms with Crippen molar-refractivity contribution in [2.24, 2.45) is 0 Å². The third-order valence-corrected chi connectivity index (χ3v) is 3.22. The Morgan fingerprint density at radius 1 is 1.05 bits per heavy atom. The molecule has 0 aliphatic carbocycles. The van der Waals surface area contributed by atoms with Crippen molar-refractivity contribution in [3.05, 3.63) is 59.7 Å². The Morgan fingerprint density at radius 3 is 2.40 bits per heavy atom. The third kappa shape index (κ3) is 3.38. The second-order valence-electron chi connectivity index (χ2n) is 4.55. The molecule has 0 saturated carbocycles. The van der Waals surface area contributed by atoms with Crippen LogP contribution in [0.1, 0.15) is 18.1 Å². The van der Waals surface area contributed by atoms with Gasteiger partial charge in [-0.05, 0) is 24.1 Å². The van der Waals surface area contributed by atoms with Crippen LogP contribution >= 0.6 is 0 Å². The van der Waals surface area contributed by atoms with Crippen molar-refractivity contribution in [2.75, 3.05) is 12.4 Å². The Balaban J connectivity index is 2.09. The highest BCUT2D eigenvalue weighted by molar-refractivity contribution is 5.93. The molecular weight excluding hydrogens is 250 g/mol. The summed E-state index contributed by atoms with van der Waals surface area (Å²) in [6, 6.07) is 15.4. The fourth-order valence-electron chi connectivity index (χ4n) is 2.17. The average Bonchev–Trinajstić information content (AvgIpc) is 2.48. The predicted molar refractivity (Wildman–Crippen MR) is 81.1 cm³/mol. The molecule has 1 N–H and O–H groups in total. The fourth-order valence-corrected chi connectivity index (χ4v) is 2.17. The number of carbonyl (C=O) groups is 1. The fraction of sp³-hybridized carbons (Fsp3) is 0.235. The Kier molecular flexibility index (Phi) is 4.77. The summed E-state index contributed by atoms with van der Waals surface area (Å²) in [7, 11) is 1.61. The van der Waals surface area contributed by atoms with Gasteiger partial charge in [-0.2, -0.15) is 0 Å². The molecule has 0 atom stereocenters. The van der Waals surface area contributed by atoms with Crippen molar-refractivity contribution in [1.29, 1.82) is 0 Å². The van der Waals surface area contributed by atoms with E-state index in [0.29, 0.717) is 6.42 Å². The van der Waals surface area contributed by atoms with Crippen molar-refractivity contribution in [3.8, 4) is 5.75 Å². The minimum atomic E-state index is -0.0320. The number of para-hydroxylation sites is 2. The first-order valence-electron chi connectivity index (χ1n) is 6.74. The van der Waals surface area contributed by atoms with Gasteiger partial charge >= 0.3 is 0 Å². The number of ether oxygens (including phenoxy) is 1. The number of benzene rings is 2. The number of hydrogen-bond donors (Lipinski definition) is 1. The Hall–Kier alpha value is -2.29. The first-order valence-corrected chi connectivity index (χ1v) is 6.74. The lowest BCUT2D eigenvalue weighted by molar-refractivity contribution is -0.115. The van der Waals surface area contributed by atoms with Gasteiger partial charge in [0.15, 0.2) is 0 Å². The molecule has 0 fully saturated rings. The molecule has 0 aliphatic rings. The van der Waals surface area contributed by atoms with E-state index < -0.39 is 0 Å². The molecular formula is C17H19NO2. The van der Waals surface area contributed by atoms with Gasteiger partial charge in [0.05, 0.1) is 13.5 Å². The van der Waals surface area contributed by atoms with Crippen LogP contribution in [0.2, 0.25) is 0 Å². The minimum absolute atomic E-state index is 0.0320. The molecule has 2 aromatic carbocycles. The van der Waals surface area contributed by atoms with Crippen LogP contribution in [0.3, 0.4) is 0 Å². The summed E-state index contributed by atoms with van der Waals surface area (Å²) in [5, 5.41) is 2.97. The molecule has 0 spiro atoms. The van der Waals surface area contributed by atoms with Crippen molar-refractivity contribution < 1.29 is 9.53 Å². The number of rotatable bonds is 5. The van der Waals surface area contributed by atoms with E-state index in [-0.39, 0.29) is 5.91 Å². The highest BCUT2D eigenvalue weighted by Crippen LogP contribution is 2.20. The topological polar surface area (TPSA) is 38.3 Å². The second kappa shape index (κ2) is 6.75. The Labute approximate surface area is 119 Å². The van der Waals surface area contributed by atoms with Crippen LogP contribution in [-0.2, 0) is 17.6 Å². The van der Waals surface area contributed by atoms with Crippen LogP contribution in [0.15, 0.2) is 48.5 Å². The van der Waals surface area contributed by atoms with Gasteiger partial charge in [-0.1, -0.05) is 43.3 Å². The summed E-state index contributed by atoms with van der Waals surface area (Å²) in [5.74, 6) is 0.710. The van der Waals surface area contributed by atoms with Gasteiger partial charge in [-0.3, -0.25) is 4.79 Å². The molecule has 104 valence electrons. The molecule has 0 unspecified atom stereocenters. The first kappa shape index (κ1) is 14.1. The summed E-state index contributed by atoms with van der Waals surface area (Å²) < 4.78 is 5.26. The Bertz CT molecular complexity index is 542. The molecule has 0 aliphatic heterocycles. The lowest BCUT2D eigenvalue weighted by Crippen LogP contribution is -2.16. The number of methoxy groups -OCH3 is 1. The quantitative estimate of drug-likeness (QED) is 0.903. The summed E-state index contributed by atoms with van der Waals surface area (Å²) in [5.41, 5.74) is 2.91. The summed E-state index contributed by atoms with van der Waals surface area (Å²) >= 11 is 0. The minimum Gasteiger partial charge on any atom is -0.496 e. The average molecular weight is 269 g/mol. The monoisotopic (exact) mass is 269 g/mol. The molecule has 0 saturated heterocycles. The third-order valence-electron chi connectivity index (χ3n) is 3.22. The zero-order valence-corrected chi connectivity index (χ0v) is 11.8. The number of amides is 1. The van der Waals surface area contributed by atoms with Gasteiger partial charge in [0, 0.05) is 11.3 Å². The van der Waals surface area contributed by atoms with E-state index in [1.165, 1.54) is 0 Å². The van der Waals surface area contributed by atoms with Crippen molar-refractivity contribution in [3.63, 3.8) is 0 Å². The van der Waals surface area contributed by atoms with Gasteiger partial charge in [0.2, 0.25) is 5.91 Å². The standard InChI is InChI=1S/C17H19NO2/c1-3-13-8-4-6-10-15(13)18-17(19)12-14-9-5-7-11-16(14)20-2/h4-11H,3,12H2,1-2H3,(H,18,19). The molecule has 3 heteroatoms. The molecule has 0 radical (unpaired) electrons. The van der Waals surface area contributed by atoms with Gasteiger partial charge in [0.1, 0.15) is 5.75 Å². The lowest BCUT2D eigenvalue weighted by atomic mass is 10.1. The van der Waals surface area contributed by atoms with Crippen molar-refractivity contribution >= 4 is 11.6 Å². The number of anilines is 1. The predicted octanol–water partition coefficient (Wildman–Crippen LogP) is 3.44. The largest absolute Gasteiger partial charge is 0.496 e. The number of carbonyl (C=O) groups excluding carboxylic acids is 1. The van der Waals surface area contributed by atoms with Crippen LogP contribution in [0.5, 0.6) is 5.75 Å². The van der Waals surface area contributed by atoms with Crippen LogP contribution in [0, 0.1) is 0 Å². The van der Waals surface area contributed by atoms with E-state index >= 15 is 0 Å². The highest BCUT2D eigenvalue weighted by Gasteiger charge is 2.09. The molecule has 2 aromatic rings. The van der Waals surface area contributed by atoms with Crippen LogP contribution in [-0.4, -0.2) is 13.0 Å². The zero-order chi connectivity index (χ0) is 14.4. The lowest BCUT2D eigenvalue weighted by Gasteiger charge is -2.11. The van der Waals surface area contributed by atoms with E-state index in [0.717, 1.165) is 29.0 Å². The summed E-state index contributed by atoms with van der Waals surface area (Å²) in [4.78, 5) is 12.2. The second-order valence-corrected chi connectivity index (χ2v) is 4.55. The van der Waals surface area contributed by atoms with Gasteiger partial charge in [0.25, 0.3) is 0 Å². The van der Waals surface area contributed by atoms with E-state index in [9.17, 15) is 4.79 Å². The number of hydrogen-bond acceptors (Lipinski definition) is 2. The highest BCUT2D eigenvalue weighted by atomic mass is 16.5. The van der Waals surface area contributed by atoms with Gasteiger partial charge in [-0.15, -0.1) is 0 Å². The maximum absolute atomic E-state index is 12.2. The van der Waals surface area contributed by atoms with E-state index in [2.05, 4.69) is 12.2 Å². The van der Waals surface area contributed by atoms with E-state index in [1.54, 1.807) is 7.11 Å². The van der Waals surface area contributed by atoms with Crippen LogP contribution in [0.25, 0.3) is 0 Å². The van der Waals surface area contributed by atoms with Gasteiger partial charge in [-0.25, -0.2) is 0 Å². The summed E-state index contributed by atoms with van der Waals surface area (Å²) in [6.45, 7) is 2.07. The maximum Gasteiger partial charge on any atom is 0.228 e. The van der Waals surface area contributed by atoms with Gasteiger partial charge < -0.3 is 10.1 Å². The molecule has 0 heterocycles. The summed E-state index contributed by atoms with van der Waals surface area (Å²) in [6.07, 6.45) is 1.20. The number of aryl methyl sites for hydroxylation is 1. The van der Waals surface area contributed by atoms with Crippen LogP contribution in [0.4, 0.5) is 5.69 Å².